The van der Waals surface area contributed by atoms with Gasteiger partial charge in [0.15, 0.2) is 0 Å². The average molecular weight is 244 g/mol. The Morgan fingerprint density at radius 2 is 2.33 bits per heavy atom. The molecule has 1 atom stereocenters. The molecule has 2 N–H and O–H groups in total. The number of carbonyl (C=O) groups excluding carboxylic acids is 2. The monoisotopic (exact) mass is 244 g/mol. The summed E-state index contributed by atoms with van der Waals surface area (Å²) in [6.07, 6.45) is 3.67. The third kappa shape index (κ3) is 2.97. The van der Waals surface area contributed by atoms with Crippen LogP contribution in [0.3, 0.4) is 0 Å². The summed E-state index contributed by atoms with van der Waals surface area (Å²) < 4.78 is 0. The van der Waals surface area contributed by atoms with E-state index in [1.54, 1.807) is 0 Å². The molecule has 1 aliphatic heterocycles. The Morgan fingerprint density at radius 1 is 1.50 bits per heavy atom. The molecule has 0 radical (unpaired) electrons. The van der Waals surface area contributed by atoms with Gasteiger partial charge in [-0.1, -0.05) is 18.7 Å². The van der Waals surface area contributed by atoms with E-state index >= 15 is 0 Å². The van der Waals surface area contributed by atoms with Gasteiger partial charge in [0.1, 0.15) is 0 Å². The first kappa shape index (κ1) is 12.4. The molecule has 0 saturated carbocycles. The molecular formula is C14H16N2O2. The molecule has 18 heavy (non-hydrogen) atoms. The number of anilines is 1. The number of nitrogens with one attached hydrogen (secondary N) is 2. The first-order valence-electron chi connectivity index (χ1n) is 6.02. The largest absolute Gasteiger partial charge is 0.349 e. The molecule has 2 rings (SSSR count). The maximum absolute atomic E-state index is 11.4. The highest BCUT2D eigenvalue weighted by Gasteiger charge is 2.19. The second-order valence-electron chi connectivity index (χ2n) is 4.33. The normalized spacial score (nSPS) is 18.9. The fourth-order valence-electron chi connectivity index (χ4n) is 2.08. The number of hydrogen-bond acceptors (Lipinski definition) is 2. The number of carbonyl (C=O) groups is 2. The quantitative estimate of drug-likeness (QED) is 0.800. The zero-order chi connectivity index (χ0) is 13.0. The summed E-state index contributed by atoms with van der Waals surface area (Å²) in [5, 5.41) is 5.67. The van der Waals surface area contributed by atoms with Gasteiger partial charge in [-0.25, -0.2) is 0 Å². The third-order valence-electron chi connectivity index (χ3n) is 2.97. The maximum Gasteiger partial charge on any atom is 0.247 e. The molecule has 2 amide bonds. The molecule has 0 spiro atoms. The molecule has 1 aromatic carbocycles. The number of rotatable bonds is 3. The van der Waals surface area contributed by atoms with E-state index in [1.807, 2.05) is 24.3 Å². The van der Waals surface area contributed by atoms with E-state index in [2.05, 4.69) is 17.2 Å². The van der Waals surface area contributed by atoms with Crippen molar-refractivity contribution in [3.05, 3.63) is 42.5 Å². The molecule has 4 heteroatoms. The molecular weight excluding hydrogens is 228 g/mol. The molecule has 1 aromatic rings. The van der Waals surface area contributed by atoms with Crippen molar-refractivity contribution in [1.82, 2.24) is 5.32 Å². The van der Waals surface area contributed by atoms with Gasteiger partial charge >= 0.3 is 0 Å². The number of benzene rings is 1. The van der Waals surface area contributed by atoms with E-state index in [4.69, 9.17) is 0 Å². The Bertz CT molecular complexity index is 482. The van der Waals surface area contributed by atoms with E-state index in [1.165, 1.54) is 6.08 Å². The van der Waals surface area contributed by atoms with E-state index in [-0.39, 0.29) is 17.9 Å². The lowest BCUT2D eigenvalue weighted by atomic mass is 9.97. The van der Waals surface area contributed by atoms with Crippen molar-refractivity contribution < 1.29 is 9.59 Å². The number of amides is 2. The maximum atomic E-state index is 11.4. The predicted molar refractivity (Wildman–Crippen MR) is 70.0 cm³/mol. The molecule has 1 fully saturated rings. The topological polar surface area (TPSA) is 58.2 Å². The zero-order valence-electron chi connectivity index (χ0n) is 10.1. The van der Waals surface area contributed by atoms with Gasteiger partial charge in [-0.3, -0.25) is 9.59 Å². The van der Waals surface area contributed by atoms with E-state index in [9.17, 15) is 9.59 Å². The molecule has 94 valence electrons. The summed E-state index contributed by atoms with van der Waals surface area (Å²) in [6, 6.07) is 7.58. The predicted octanol–water partition coefficient (Wildman–Crippen LogP) is 2.15. The molecule has 4 nitrogen and oxygen atoms in total. The van der Waals surface area contributed by atoms with Crippen molar-refractivity contribution in [2.75, 3.05) is 5.32 Å². The summed E-state index contributed by atoms with van der Waals surface area (Å²) in [4.78, 5) is 22.6. The molecule has 1 heterocycles. The number of piperidine rings is 1. The summed E-state index contributed by atoms with van der Waals surface area (Å²) in [7, 11) is 0. The standard InChI is InChI=1S/C14H16N2O2/c1-2-13(17)15-11-6-3-5-10(9-11)12-7-4-8-14(18)16-12/h2-3,5-6,9,12H,1,4,7-8H2,(H,15,17)(H,16,18). The van der Waals surface area contributed by atoms with E-state index in [0.717, 1.165) is 24.1 Å². The van der Waals surface area contributed by atoms with Crippen LogP contribution in [0, 0.1) is 0 Å². The van der Waals surface area contributed by atoms with Crippen molar-refractivity contribution in [2.45, 2.75) is 25.3 Å². The highest BCUT2D eigenvalue weighted by Crippen LogP contribution is 2.25. The van der Waals surface area contributed by atoms with Crippen molar-refractivity contribution in [3.63, 3.8) is 0 Å². The Balaban J connectivity index is 2.13. The van der Waals surface area contributed by atoms with Crippen LogP contribution in [-0.4, -0.2) is 11.8 Å². The van der Waals surface area contributed by atoms with Crippen molar-refractivity contribution >= 4 is 17.5 Å². The van der Waals surface area contributed by atoms with Gasteiger partial charge in [-0.2, -0.15) is 0 Å². The van der Waals surface area contributed by atoms with Crippen LogP contribution in [0.15, 0.2) is 36.9 Å². The first-order chi connectivity index (χ1) is 8.69. The molecule has 1 unspecified atom stereocenters. The first-order valence-corrected chi connectivity index (χ1v) is 6.02. The van der Waals surface area contributed by atoms with Gasteiger partial charge in [-0.05, 0) is 36.6 Å². The van der Waals surface area contributed by atoms with E-state index < -0.39 is 0 Å². The van der Waals surface area contributed by atoms with Gasteiger partial charge in [0.2, 0.25) is 11.8 Å². The van der Waals surface area contributed by atoms with Gasteiger partial charge in [-0.15, -0.1) is 0 Å². The number of hydrogen-bond donors (Lipinski definition) is 2. The Labute approximate surface area is 106 Å². The second kappa shape index (κ2) is 5.49. The minimum Gasteiger partial charge on any atom is -0.349 e. The highest BCUT2D eigenvalue weighted by molar-refractivity contribution is 5.98. The van der Waals surface area contributed by atoms with Crippen LogP contribution < -0.4 is 10.6 Å². The van der Waals surface area contributed by atoms with Crippen LogP contribution in [0.2, 0.25) is 0 Å². The van der Waals surface area contributed by atoms with Crippen LogP contribution in [0.1, 0.15) is 30.9 Å². The SMILES string of the molecule is C=CC(=O)Nc1cccc(C2CCCC(=O)N2)c1. The molecule has 1 aliphatic rings. The zero-order valence-corrected chi connectivity index (χ0v) is 10.1. The molecule has 0 aromatic heterocycles. The van der Waals surface area contributed by atoms with Gasteiger partial charge in [0.25, 0.3) is 0 Å². The van der Waals surface area contributed by atoms with Crippen LogP contribution in [0.4, 0.5) is 5.69 Å². The van der Waals surface area contributed by atoms with Crippen LogP contribution in [-0.2, 0) is 9.59 Å². The second-order valence-corrected chi connectivity index (χ2v) is 4.33. The van der Waals surface area contributed by atoms with Crippen molar-refractivity contribution in [1.29, 1.82) is 0 Å². The minimum atomic E-state index is -0.236. The Hall–Kier alpha value is -2.10. The van der Waals surface area contributed by atoms with Crippen molar-refractivity contribution in [3.8, 4) is 0 Å². The fraction of sp³-hybridized carbons (Fsp3) is 0.286. The molecule has 0 aliphatic carbocycles. The van der Waals surface area contributed by atoms with E-state index in [0.29, 0.717) is 6.42 Å². The third-order valence-corrected chi connectivity index (χ3v) is 2.97. The lowest BCUT2D eigenvalue weighted by Gasteiger charge is -2.24. The highest BCUT2D eigenvalue weighted by atomic mass is 16.2. The summed E-state index contributed by atoms with van der Waals surface area (Å²) in [5.41, 5.74) is 1.74. The Morgan fingerprint density at radius 3 is 3.06 bits per heavy atom. The lowest BCUT2D eigenvalue weighted by Crippen LogP contribution is -2.32. The fourth-order valence-corrected chi connectivity index (χ4v) is 2.08. The van der Waals surface area contributed by atoms with Crippen LogP contribution in [0.25, 0.3) is 0 Å². The van der Waals surface area contributed by atoms with Crippen LogP contribution >= 0.6 is 0 Å². The van der Waals surface area contributed by atoms with Gasteiger partial charge < -0.3 is 10.6 Å². The average Bonchev–Trinajstić information content (AvgIpc) is 2.39. The van der Waals surface area contributed by atoms with Crippen molar-refractivity contribution in [2.24, 2.45) is 0 Å². The van der Waals surface area contributed by atoms with Crippen LogP contribution in [0.5, 0.6) is 0 Å². The molecule has 1 saturated heterocycles. The molecule has 0 bridgehead atoms. The minimum absolute atomic E-state index is 0.0480. The lowest BCUT2D eigenvalue weighted by molar-refractivity contribution is -0.123. The summed E-state index contributed by atoms with van der Waals surface area (Å²) in [6.45, 7) is 3.41. The Kier molecular flexibility index (Phi) is 3.77. The van der Waals surface area contributed by atoms with Gasteiger partial charge in [0.05, 0.1) is 6.04 Å². The smallest absolute Gasteiger partial charge is 0.247 e. The summed E-state index contributed by atoms with van der Waals surface area (Å²) >= 11 is 0. The van der Waals surface area contributed by atoms with Gasteiger partial charge in [0, 0.05) is 12.1 Å². The summed E-state index contributed by atoms with van der Waals surface area (Å²) in [5.74, 6) is -0.147.